The third kappa shape index (κ3) is 6.03. The Kier molecular flexibility index (Phi) is 7.90. The highest BCUT2D eigenvalue weighted by Crippen LogP contribution is 2.34. The minimum atomic E-state index is -1.04. The van der Waals surface area contributed by atoms with Crippen molar-refractivity contribution in [3.8, 4) is 16.9 Å². The van der Waals surface area contributed by atoms with E-state index in [4.69, 9.17) is 32.9 Å². The summed E-state index contributed by atoms with van der Waals surface area (Å²) in [6, 6.07) is 11.8. The van der Waals surface area contributed by atoms with Crippen molar-refractivity contribution in [2.75, 3.05) is 11.9 Å². The Morgan fingerprint density at radius 3 is 2.73 bits per heavy atom. The van der Waals surface area contributed by atoms with E-state index in [1.165, 1.54) is 18.2 Å². The molecule has 0 aliphatic heterocycles. The minimum Gasteiger partial charge on any atom is -0.482 e. The molecule has 1 fully saturated rings. The number of aryl methyl sites for hydroxylation is 1. The van der Waals surface area contributed by atoms with Gasteiger partial charge in [0.1, 0.15) is 17.4 Å². The van der Waals surface area contributed by atoms with Gasteiger partial charge in [0.2, 0.25) is 0 Å². The molecule has 2 aromatic heterocycles. The molecule has 0 radical (unpaired) electrons. The van der Waals surface area contributed by atoms with Gasteiger partial charge in [-0.05, 0) is 74.1 Å². The molecule has 0 amide bonds. The Bertz CT molecular complexity index is 1600. The molecule has 0 atom stereocenters. The largest absolute Gasteiger partial charge is 0.482 e. The fourth-order valence-corrected chi connectivity index (χ4v) is 5.13. The average Bonchev–Trinajstić information content (AvgIpc) is 3.35. The monoisotopic (exact) mass is 564 g/mol. The van der Waals surface area contributed by atoms with Crippen molar-refractivity contribution in [3.05, 3.63) is 76.8 Å². The molecule has 1 aliphatic carbocycles. The molecule has 6 N–H and O–H groups in total. The van der Waals surface area contributed by atoms with Crippen LogP contribution >= 0.6 is 11.6 Å². The standard InChI is InChI=1S/C29H30ClFN6O3/c1-16-10-21(40-15-27(38)39)7-8-22(16)17-11-26-28(35-20-5-3-19(32)4-6-20)23(13-34-37(26)14-17)29(33)36-25-12-18(31)2-9-24(25)30/h2,7-14,19-20,35H,3-6,15,32H2,1H3,(H2,33,36)(H,38,39). The van der Waals surface area contributed by atoms with E-state index in [0.717, 1.165) is 53.6 Å². The van der Waals surface area contributed by atoms with Gasteiger partial charge in [-0.25, -0.2) is 18.7 Å². The lowest BCUT2D eigenvalue weighted by atomic mass is 9.91. The smallest absolute Gasteiger partial charge is 0.341 e. The third-order valence-corrected chi connectivity index (χ3v) is 7.37. The average molecular weight is 565 g/mol. The van der Waals surface area contributed by atoms with Gasteiger partial charge in [0.05, 0.1) is 33.7 Å². The van der Waals surface area contributed by atoms with Crippen LogP contribution in [0.4, 0.5) is 15.8 Å². The zero-order chi connectivity index (χ0) is 28.4. The number of carboxylic acids is 1. The maximum Gasteiger partial charge on any atom is 0.341 e. The van der Waals surface area contributed by atoms with E-state index in [2.05, 4.69) is 15.4 Å². The Morgan fingerprint density at radius 2 is 2.00 bits per heavy atom. The molecule has 4 aromatic rings. The SMILES string of the molecule is Cc1cc(OCC(=O)O)ccc1-c1cc2c(NC3CCC(N)CC3)c(C(N)=Nc3cc(F)ccc3Cl)cnn2c1. The van der Waals surface area contributed by atoms with E-state index >= 15 is 0 Å². The summed E-state index contributed by atoms with van der Waals surface area (Å²) in [5, 5.41) is 17.4. The molecule has 0 spiro atoms. The summed E-state index contributed by atoms with van der Waals surface area (Å²) < 4.78 is 21.0. The number of nitrogens with zero attached hydrogens (tertiary/aromatic N) is 3. The highest BCUT2D eigenvalue weighted by molar-refractivity contribution is 6.33. The summed E-state index contributed by atoms with van der Waals surface area (Å²) in [6.07, 6.45) is 7.20. The number of nitrogens with one attached hydrogen (secondary N) is 1. The van der Waals surface area contributed by atoms with Crippen molar-refractivity contribution in [3.63, 3.8) is 0 Å². The highest BCUT2D eigenvalue weighted by Gasteiger charge is 2.22. The van der Waals surface area contributed by atoms with E-state index < -0.39 is 18.4 Å². The molecular weight excluding hydrogens is 535 g/mol. The van der Waals surface area contributed by atoms with E-state index in [-0.39, 0.29) is 28.6 Å². The number of aromatic nitrogens is 2. The Morgan fingerprint density at radius 1 is 1.23 bits per heavy atom. The first-order valence-corrected chi connectivity index (χ1v) is 13.3. The number of anilines is 1. The second kappa shape index (κ2) is 11.5. The molecule has 1 aliphatic rings. The van der Waals surface area contributed by atoms with Crippen LogP contribution in [0.1, 0.15) is 36.8 Å². The molecule has 2 aromatic carbocycles. The Labute approximate surface area is 235 Å². The van der Waals surface area contributed by atoms with Gasteiger partial charge in [-0.2, -0.15) is 5.10 Å². The summed E-state index contributed by atoms with van der Waals surface area (Å²) in [6.45, 7) is 1.52. The predicted octanol–water partition coefficient (Wildman–Crippen LogP) is 5.28. The molecule has 0 unspecified atom stereocenters. The maximum absolute atomic E-state index is 13.9. The van der Waals surface area contributed by atoms with Crippen molar-refractivity contribution >= 4 is 40.3 Å². The Hall–Kier alpha value is -4.15. The number of carboxylic acid groups (broad SMARTS) is 1. The molecule has 2 heterocycles. The van der Waals surface area contributed by atoms with Crippen LogP contribution in [-0.2, 0) is 4.79 Å². The number of rotatable bonds is 8. The number of halogens is 2. The minimum absolute atomic E-state index is 0.149. The van der Waals surface area contributed by atoms with Gasteiger partial charge in [0.25, 0.3) is 0 Å². The van der Waals surface area contributed by atoms with Gasteiger partial charge in [0.15, 0.2) is 6.61 Å². The molecule has 0 saturated heterocycles. The molecule has 9 nitrogen and oxygen atoms in total. The summed E-state index contributed by atoms with van der Waals surface area (Å²) in [7, 11) is 0. The number of carbonyl (C=O) groups is 1. The van der Waals surface area contributed by atoms with Crippen LogP contribution in [0.5, 0.6) is 5.75 Å². The van der Waals surface area contributed by atoms with E-state index in [1.54, 1.807) is 22.8 Å². The Balaban J connectivity index is 1.57. The lowest BCUT2D eigenvalue weighted by Gasteiger charge is -2.28. The van der Waals surface area contributed by atoms with Crippen LogP contribution < -0.4 is 21.5 Å². The molecule has 11 heteroatoms. The molecule has 1 saturated carbocycles. The van der Waals surface area contributed by atoms with Crippen molar-refractivity contribution < 1.29 is 19.0 Å². The van der Waals surface area contributed by atoms with Gasteiger partial charge in [0, 0.05) is 29.9 Å². The number of ether oxygens (including phenoxy) is 1. The van der Waals surface area contributed by atoms with Crippen LogP contribution in [0.15, 0.2) is 59.9 Å². The first-order chi connectivity index (χ1) is 19.2. The predicted molar refractivity (Wildman–Crippen MR) is 154 cm³/mol. The summed E-state index contributed by atoms with van der Waals surface area (Å²) in [5.41, 5.74) is 17.7. The summed E-state index contributed by atoms with van der Waals surface area (Å²) >= 11 is 6.25. The number of hydrogen-bond acceptors (Lipinski definition) is 6. The first kappa shape index (κ1) is 27.4. The van der Waals surface area contributed by atoms with E-state index in [0.29, 0.717) is 11.3 Å². The molecule has 208 valence electrons. The van der Waals surface area contributed by atoms with Crippen LogP contribution in [0, 0.1) is 12.7 Å². The van der Waals surface area contributed by atoms with Crippen LogP contribution in [0.2, 0.25) is 5.02 Å². The number of hydrogen-bond donors (Lipinski definition) is 4. The first-order valence-electron chi connectivity index (χ1n) is 13.0. The second-order valence-electron chi connectivity index (χ2n) is 10.00. The zero-order valence-electron chi connectivity index (χ0n) is 21.9. The number of aliphatic carboxylic acids is 1. The molecular formula is C29H30ClFN6O3. The highest BCUT2D eigenvalue weighted by atomic mass is 35.5. The number of aliphatic imine (C=N–C) groups is 1. The third-order valence-electron chi connectivity index (χ3n) is 7.05. The second-order valence-corrected chi connectivity index (χ2v) is 10.4. The van der Waals surface area contributed by atoms with Gasteiger partial charge < -0.3 is 26.6 Å². The number of amidine groups is 1. The summed E-state index contributed by atoms with van der Waals surface area (Å²) in [5.74, 6) is -0.876. The van der Waals surface area contributed by atoms with Crippen molar-refractivity contribution in [2.24, 2.45) is 16.5 Å². The van der Waals surface area contributed by atoms with Gasteiger partial charge in [-0.15, -0.1) is 0 Å². The van der Waals surface area contributed by atoms with Crippen LogP contribution in [0.3, 0.4) is 0 Å². The van der Waals surface area contributed by atoms with Gasteiger partial charge >= 0.3 is 5.97 Å². The van der Waals surface area contributed by atoms with Crippen LogP contribution in [0.25, 0.3) is 16.6 Å². The van der Waals surface area contributed by atoms with E-state index in [1.807, 2.05) is 25.3 Å². The topological polar surface area (TPSA) is 140 Å². The number of fused-ring (bicyclic) bond motifs is 1. The zero-order valence-corrected chi connectivity index (χ0v) is 22.7. The number of benzene rings is 2. The molecule has 5 rings (SSSR count). The van der Waals surface area contributed by atoms with Crippen molar-refractivity contribution in [1.82, 2.24) is 9.61 Å². The van der Waals surface area contributed by atoms with Crippen LogP contribution in [-0.4, -0.2) is 45.2 Å². The molecule has 40 heavy (non-hydrogen) atoms. The van der Waals surface area contributed by atoms with Gasteiger partial charge in [-0.1, -0.05) is 17.7 Å². The van der Waals surface area contributed by atoms with Gasteiger partial charge in [-0.3, -0.25) is 0 Å². The van der Waals surface area contributed by atoms with Crippen molar-refractivity contribution in [2.45, 2.75) is 44.7 Å². The summed E-state index contributed by atoms with van der Waals surface area (Å²) in [4.78, 5) is 15.3. The lowest BCUT2D eigenvalue weighted by Crippen LogP contribution is -2.33. The van der Waals surface area contributed by atoms with Crippen molar-refractivity contribution in [1.29, 1.82) is 0 Å². The fraction of sp³-hybridized carbons (Fsp3) is 0.276. The maximum atomic E-state index is 13.9. The molecule has 0 bridgehead atoms. The normalized spacial score (nSPS) is 17.6. The lowest BCUT2D eigenvalue weighted by molar-refractivity contribution is -0.139. The fourth-order valence-electron chi connectivity index (χ4n) is 4.97. The number of nitrogens with two attached hydrogens (primary N) is 2. The quantitative estimate of drug-likeness (QED) is 0.168. The van der Waals surface area contributed by atoms with E-state index in [9.17, 15) is 9.18 Å².